The highest BCUT2D eigenvalue weighted by Gasteiger charge is 2.35. The van der Waals surface area contributed by atoms with Gasteiger partial charge in [-0.2, -0.15) is 0 Å². The van der Waals surface area contributed by atoms with Crippen molar-refractivity contribution in [1.29, 1.82) is 0 Å². The maximum Gasteiger partial charge on any atom is 0.222 e. The van der Waals surface area contributed by atoms with Crippen molar-refractivity contribution in [2.45, 2.75) is 39.2 Å². The summed E-state index contributed by atoms with van der Waals surface area (Å²) in [6, 6.07) is 5.83. The molecule has 136 valence electrons. The van der Waals surface area contributed by atoms with Crippen LogP contribution in [0.5, 0.6) is 11.5 Å². The number of carbonyl (C=O) groups excluding carboxylic acids is 1. The summed E-state index contributed by atoms with van der Waals surface area (Å²) >= 11 is 0. The minimum atomic E-state index is -0.0262. The second-order valence-corrected chi connectivity index (χ2v) is 6.88. The number of ether oxygens (including phenoxy) is 2. The number of halogens is 1. The summed E-state index contributed by atoms with van der Waals surface area (Å²) in [7, 11) is 3.28. The van der Waals surface area contributed by atoms with E-state index in [1.807, 2.05) is 23.1 Å². The van der Waals surface area contributed by atoms with E-state index in [0.29, 0.717) is 12.8 Å². The number of methoxy groups -OCH3 is 2. The number of aryl methyl sites for hydroxylation is 1. The minimum Gasteiger partial charge on any atom is -0.497 e. The molecule has 1 atom stereocenters. The number of likely N-dealkylation sites (tertiary alicyclic amines) is 1. The van der Waals surface area contributed by atoms with E-state index in [4.69, 9.17) is 15.2 Å². The number of rotatable bonds is 5. The Hall–Kier alpha value is -1.46. The fraction of sp³-hybridized carbons (Fsp3) is 0.611. The molecular weight excluding hydrogens is 328 g/mol. The molecule has 1 aliphatic rings. The Morgan fingerprint density at radius 3 is 2.62 bits per heavy atom. The van der Waals surface area contributed by atoms with Gasteiger partial charge in [-0.05, 0) is 42.0 Å². The smallest absolute Gasteiger partial charge is 0.222 e. The van der Waals surface area contributed by atoms with Gasteiger partial charge in [-0.15, -0.1) is 12.4 Å². The van der Waals surface area contributed by atoms with Gasteiger partial charge in [0.05, 0.1) is 14.2 Å². The van der Waals surface area contributed by atoms with Crippen LogP contribution in [0.15, 0.2) is 18.2 Å². The molecule has 1 heterocycles. The molecule has 2 rings (SSSR count). The molecule has 0 bridgehead atoms. The second-order valence-electron chi connectivity index (χ2n) is 6.88. The van der Waals surface area contributed by atoms with Gasteiger partial charge in [0.25, 0.3) is 0 Å². The van der Waals surface area contributed by atoms with E-state index in [0.717, 1.165) is 36.6 Å². The number of amides is 1. The van der Waals surface area contributed by atoms with Crippen molar-refractivity contribution in [3.05, 3.63) is 23.8 Å². The quantitative estimate of drug-likeness (QED) is 0.880. The highest BCUT2D eigenvalue weighted by molar-refractivity contribution is 5.85. The van der Waals surface area contributed by atoms with Crippen LogP contribution in [0.3, 0.4) is 0 Å². The molecule has 0 radical (unpaired) electrons. The molecule has 1 amide bonds. The molecule has 24 heavy (non-hydrogen) atoms. The van der Waals surface area contributed by atoms with Crippen molar-refractivity contribution in [1.82, 2.24) is 4.90 Å². The van der Waals surface area contributed by atoms with Gasteiger partial charge in [-0.25, -0.2) is 0 Å². The number of carbonyl (C=O) groups is 1. The summed E-state index contributed by atoms with van der Waals surface area (Å²) < 4.78 is 10.6. The fourth-order valence-corrected chi connectivity index (χ4v) is 3.06. The third kappa shape index (κ3) is 4.77. The van der Waals surface area contributed by atoms with Gasteiger partial charge in [0.1, 0.15) is 11.5 Å². The molecule has 1 fully saturated rings. The van der Waals surface area contributed by atoms with E-state index in [2.05, 4.69) is 13.8 Å². The van der Waals surface area contributed by atoms with Gasteiger partial charge in [0.15, 0.2) is 0 Å². The molecule has 5 nitrogen and oxygen atoms in total. The molecule has 1 saturated heterocycles. The summed E-state index contributed by atoms with van der Waals surface area (Å²) in [5, 5.41) is 0. The maximum atomic E-state index is 12.5. The Labute approximate surface area is 150 Å². The van der Waals surface area contributed by atoms with Gasteiger partial charge < -0.3 is 20.1 Å². The lowest BCUT2D eigenvalue weighted by Crippen LogP contribution is -2.54. The lowest BCUT2D eigenvalue weighted by Gasteiger charge is -2.42. The molecule has 1 aromatic rings. The third-order valence-corrected chi connectivity index (χ3v) is 4.76. The molecule has 6 heteroatoms. The summed E-state index contributed by atoms with van der Waals surface area (Å²) in [6.45, 7) is 5.73. The lowest BCUT2D eigenvalue weighted by atomic mass is 9.79. The first kappa shape index (κ1) is 20.6. The van der Waals surface area contributed by atoms with Crippen molar-refractivity contribution < 1.29 is 14.3 Å². The summed E-state index contributed by atoms with van der Waals surface area (Å²) in [5.74, 6) is 1.74. The molecule has 1 aromatic carbocycles. The first-order valence-corrected chi connectivity index (χ1v) is 8.11. The number of hydrogen-bond donors (Lipinski definition) is 1. The Kier molecular flexibility index (Phi) is 7.36. The van der Waals surface area contributed by atoms with Crippen molar-refractivity contribution in [3.63, 3.8) is 0 Å². The van der Waals surface area contributed by atoms with Crippen molar-refractivity contribution in [2.75, 3.05) is 27.3 Å². The first-order valence-electron chi connectivity index (χ1n) is 8.11. The van der Waals surface area contributed by atoms with Crippen LogP contribution in [0.1, 0.15) is 32.3 Å². The molecule has 2 N–H and O–H groups in total. The number of hydrogen-bond acceptors (Lipinski definition) is 4. The van der Waals surface area contributed by atoms with Gasteiger partial charge >= 0.3 is 0 Å². The zero-order valence-electron chi connectivity index (χ0n) is 15.0. The molecule has 1 unspecified atom stereocenters. The fourth-order valence-electron chi connectivity index (χ4n) is 3.06. The standard InChI is InChI=1S/C18H28N2O3.ClH/c1-18(2)12-20(10-9-16(18)19)17(21)8-5-13-11-14(22-3)6-7-15(13)23-4;/h6-7,11,16H,5,8-10,12,19H2,1-4H3;1H. The van der Waals surface area contributed by atoms with Crippen LogP contribution < -0.4 is 15.2 Å². The van der Waals surface area contributed by atoms with Gasteiger partial charge in [0.2, 0.25) is 5.91 Å². The largest absolute Gasteiger partial charge is 0.497 e. The van der Waals surface area contributed by atoms with Crippen molar-refractivity contribution >= 4 is 18.3 Å². The van der Waals surface area contributed by atoms with Crippen LogP contribution in [-0.4, -0.2) is 44.2 Å². The van der Waals surface area contributed by atoms with E-state index < -0.39 is 0 Å². The Morgan fingerprint density at radius 1 is 1.33 bits per heavy atom. The van der Waals surface area contributed by atoms with Crippen LogP contribution in [0, 0.1) is 5.41 Å². The molecule has 0 saturated carbocycles. The SMILES string of the molecule is COc1ccc(OC)c(CCC(=O)N2CCC(N)C(C)(C)C2)c1.Cl. The van der Waals surface area contributed by atoms with Crippen molar-refractivity contribution in [3.8, 4) is 11.5 Å². The van der Waals surface area contributed by atoms with Crippen LogP contribution in [-0.2, 0) is 11.2 Å². The monoisotopic (exact) mass is 356 g/mol. The molecular formula is C18H29ClN2O3. The van der Waals surface area contributed by atoms with E-state index in [1.54, 1.807) is 14.2 Å². The van der Waals surface area contributed by atoms with Crippen LogP contribution in [0.4, 0.5) is 0 Å². The molecule has 1 aliphatic heterocycles. The summed E-state index contributed by atoms with van der Waals surface area (Å²) in [5.41, 5.74) is 7.11. The van der Waals surface area contributed by atoms with E-state index in [1.165, 1.54) is 0 Å². The lowest BCUT2D eigenvalue weighted by molar-refractivity contribution is -0.134. The molecule has 0 aromatic heterocycles. The summed E-state index contributed by atoms with van der Waals surface area (Å²) in [6.07, 6.45) is 1.97. The van der Waals surface area contributed by atoms with E-state index in [-0.39, 0.29) is 29.8 Å². The number of benzene rings is 1. The predicted molar refractivity (Wildman–Crippen MR) is 98.1 cm³/mol. The third-order valence-electron chi connectivity index (χ3n) is 4.76. The van der Waals surface area contributed by atoms with Crippen LogP contribution in [0.25, 0.3) is 0 Å². The Morgan fingerprint density at radius 2 is 2.04 bits per heavy atom. The predicted octanol–water partition coefficient (Wildman–Crippen LogP) is 2.64. The second kappa shape index (κ2) is 8.58. The minimum absolute atomic E-state index is 0. The average Bonchev–Trinajstić information content (AvgIpc) is 2.54. The van der Waals surface area contributed by atoms with E-state index in [9.17, 15) is 4.79 Å². The van der Waals surface area contributed by atoms with Gasteiger partial charge in [-0.1, -0.05) is 13.8 Å². The highest BCUT2D eigenvalue weighted by atomic mass is 35.5. The van der Waals surface area contributed by atoms with Crippen molar-refractivity contribution in [2.24, 2.45) is 11.1 Å². The molecule has 0 aliphatic carbocycles. The van der Waals surface area contributed by atoms with Gasteiger partial charge in [-0.3, -0.25) is 4.79 Å². The number of nitrogens with two attached hydrogens (primary N) is 1. The summed E-state index contributed by atoms with van der Waals surface area (Å²) in [4.78, 5) is 14.5. The zero-order valence-corrected chi connectivity index (χ0v) is 15.8. The average molecular weight is 357 g/mol. The maximum absolute atomic E-state index is 12.5. The number of nitrogens with zero attached hydrogens (tertiary/aromatic N) is 1. The number of piperidine rings is 1. The highest BCUT2D eigenvalue weighted by Crippen LogP contribution is 2.29. The van der Waals surface area contributed by atoms with Crippen LogP contribution in [0.2, 0.25) is 0 Å². The Bertz CT molecular complexity index is 563. The van der Waals surface area contributed by atoms with Gasteiger partial charge in [0, 0.05) is 25.6 Å². The Balaban J connectivity index is 0.00000288. The normalized spacial score (nSPS) is 19.4. The zero-order chi connectivity index (χ0) is 17.0. The molecule has 0 spiro atoms. The van der Waals surface area contributed by atoms with E-state index >= 15 is 0 Å². The topological polar surface area (TPSA) is 64.8 Å². The first-order chi connectivity index (χ1) is 10.9. The van der Waals surface area contributed by atoms with Crippen LogP contribution >= 0.6 is 12.4 Å².